The van der Waals surface area contributed by atoms with E-state index in [1.54, 1.807) is 43.5 Å². The van der Waals surface area contributed by atoms with Gasteiger partial charge in [-0.1, -0.05) is 51.1 Å². The van der Waals surface area contributed by atoms with Crippen LogP contribution in [0.5, 0.6) is 0 Å². The van der Waals surface area contributed by atoms with Gasteiger partial charge in [-0.3, -0.25) is 4.98 Å². The number of fused-ring (bicyclic) bond motifs is 1. The maximum Gasteiger partial charge on any atom is 0.339 e. The molecule has 2 heterocycles. The van der Waals surface area contributed by atoms with Crippen molar-refractivity contribution in [1.82, 2.24) is 4.98 Å². The van der Waals surface area contributed by atoms with Crippen LogP contribution in [0.2, 0.25) is 0 Å². The molecular weight excluding hydrogens is 438 g/mol. The zero-order chi connectivity index (χ0) is 24.9. The SMILES string of the molecule is CC1C(C=Cc2ccc(-c3ccccc3C#N)cn2)C2(C(C)C)C(C)OC(=O)C2(O)CC1(F)F. The number of hydrogen-bond donors (Lipinski definition) is 1. The number of hydrogen-bond acceptors (Lipinski definition) is 5. The van der Waals surface area contributed by atoms with E-state index >= 15 is 8.78 Å². The molecule has 0 amide bonds. The highest BCUT2D eigenvalue weighted by atomic mass is 19.3. The van der Waals surface area contributed by atoms with Crippen molar-refractivity contribution >= 4 is 12.0 Å². The third kappa shape index (κ3) is 3.35. The summed E-state index contributed by atoms with van der Waals surface area (Å²) in [6, 6.07) is 12.9. The lowest BCUT2D eigenvalue weighted by Crippen LogP contribution is -2.67. The molecule has 1 saturated carbocycles. The topological polar surface area (TPSA) is 83.2 Å². The molecule has 0 radical (unpaired) electrons. The van der Waals surface area contributed by atoms with Crippen molar-refractivity contribution < 1.29 is 23.4 Å². The van der Waals surface area contributed by atoms with E-state index in [0.717, 1.165) is 11.1 Å². The van der Waals surface area contributed by atoms with Crippen LogP contribution in [0.25, 0.3) is 17.2 Å². The Morgan fingerprint density at radius 1 is 1.24 bits per heavy atom. The molecule has 1 aliphatic carbocycles. The van der Waals surface area contributed by atoms with Crippen LogP contribution in [0.1, 0.15) is 45.4 Å². The number of nitrogens with zero attached hydrogens (tertiary/aromatic N) is 2. The Kier molecular flexibility index (Phi) is 5.85. The quantitative estimate of drug-likeness (QED) is 0.623. The van der Waals surface area contributed by atoms with Gasteiger partial charge in [-0.15, -0.1) is 0 Å². The van der Waals surface area contributed by atoms with Gasteiger partial charge in [0.2, 0.25) is 0 Å². The van der Waals surface area contributed by atoms with Gasteiger partial charge < -0.3 is 9.84 Å². The monoisotopic (exact) mass is 466 g/mol. The molecule has 5 atom stereocenters. The van der Waals surface area contributed by atoms with Crippen LogP contribution in [0.4, 0.5) is 8.78 Å². The molecule has 1 aromatic heterocycles. The fraction of sp³-hybridized carbons (Fsp3) is 0.444. The lowest BCUT2D eigenvalue weighted by atomic mass is 9.48. The first-order valence-corrected chi connectivity index (χ1v) is 11.4. The molecule has 5 nitrogen and oxygen atoms in total. The molecule has 0 spiro atoms. The van der Waals surface area contributed by atoms with E-state index in [1.165, 1.54) is 6.92 Å². The maximum atomic E-state index is 15.1. The summed E-state index contributed by atoms with van der Waals surface area (Å²) in [6.45, 7) is 6.80. The molecule has 1 N–H and O–H groups in total. The highest BCUT2D eigenvalue weighted by Crippen LogP contribution is 2.65. The molecule has 34 heavy (non-hydrogen) atoms. The van der Waals surface area contributed by atoms with Crippen LogP contribution in [-0.4, -0.2) is 33.7 Å². The molecule has 5 unspecified atom stereocenters. The maximum absolute atomic E-state index is 15.1. The summed E-state index contributed by atoms with van der Waals surface area (Å²) in [5, 5.41) is 20.7. The summed E-state index contributed by atoms with van der Waals surface area (Å²) < 4.78 is 35.5. The summed E-state index contributed by atoms with van der Waals surface area (Å²) in [7, 11) is 0. The van der Waals surface area contributed by atoms with Gasteiger partial charge >= 0.3 is 5.97 Å². The lowest BCUT2D eigenvalue weighted by Gasteiger charge is -2.56. The molecule has 4 rings (SSSR count). The second kappa shape index (κ2) is 8.28. The zero-order valence-corrected chi connectivity index (χ0v) is 19.6. The van der Waals surface area contributed by atoms with Gasteiger partial charge in [0, 0.05) is 23.2 Å². The predicted octanol–water partition coefficient (Wildman–Crippen LogP) is 5.24. The molecule has 2 aromatic rings. The number of benzene rings is 1. The molecule has 7 heteroatoms. The molecule has 1 aromatic carbocycles. The van der Waals surface area contributed by atoms with Crippen LogP contribution >= 0.6 is 0 Å². The minimum Gasteiger partial charge on any atom is -0.460 e. The second-order valence-electron chi connectivity index (χ2n) is 9.74. The Morgan fingerprint density at radius 3 is 2.56 bits per heavy atom. The summed E-state index contributed by atoms with van der Waals surface area (Å²) >= 11 is 0. The van der Waals surface area contributed by atoms with Crippen LogP contribution < -0.4 is 0 Å². The zero-order valence-electron chi connectivity index (χ0n) is 19.6. The highest BCUT2D eigenvalue weighted by molar-refractivity contribution is 5.84. The Morgan fingerprint density at radius 2 is 1.94 bits per heavy atom. The number of nitriles is 1. The first-order valence-electron chi connectivity index (χ1n) is 11.4. The first-order chi connectivity index (χ1) is 16.0. The normalized spacial score (nSPS) is 32.4. The molecule has 2 aliphatic rings. The third-order valence-corrected chi connectivity index (χ3v) is 7.83. The van der Waals surface area contributed by atoms with Crippen molar-refractivity contribution in [2.75, 3.05) is 0 Å². The molecule has 178 valence electrons. The van der Waals surface area contributed by atoms with Crippen LogP contribution in [0.3, 0.4) is 0 Å². The number of aromatic nitrogens is 1. The van der Waals surface area contributed by atoms with Gasteiger partial charge in [-0.05, 0) is 37.0 Å². The minimum absolute atomic E-state index is 0.301. The van der Waals surface area contributed by atoms with Crippen molar-refractivity contribution in [1.29, 1.82) is 5.26 Å². The smallest absolute Gasteiger partial charge is 0.339 e. The van der Waals surface area contributed by atoms with Crippen LogP contribution in [0, 0.1) is 34.5 Å². The van der Waals surface area contributed by atoms with Crippen molar-refractivity contribution in [3.05, 3.63) is 59.9 Å². The summed E-state index contributed by atoms with van der Waals surface area (Å²) in [5.41, 5.74) is -0.878. The number of cyclic esters (lactones) is 1. The van der Waals surface area contributed by atoms with Crippen LogP contribution in [0.15, 0.2) is 48.7 Å². The molecule has 0 bridgehead atoms. The Labute approximate surface area is 198 Å². The summed E-state index contributed by atoms with van der Waals surface area (Å²) in [6.07, 6.45) is 3.26. The largest absolute Gasteiger partial charge is 0.460 e. The number of esters is 1. The fourth-order valence-corrected chi connectivity index (χ4v) is 6.17. The predicted molar refractivity (Wildman–Crippen MR) is 123 cm³/mol. The number of carbonyl (C=O) groups excluding carboxylic acids is 1. The third-order valence-electron chi connectivity index (χ3n) is 7.83. The van der Waals surface area contributed by atoms with Gasteiger partial charge in [0.05, 0.1) is 29.2 Å². The van der Waals surface area contributed by atoms with E-state index in [9.17, 15) is 15.2 Å². The number of carbonyl (C=O) groups is 1. The minimum atomic E-state index is -3.25. The lowest BCUT2D eigenvalue weighted by molar-refractivity contribution is -0.235. The Bertz CT molecular complexity index is 1170. The fourth-order valence-electron chi connectivity index (χ4n) is 6.17. The van der Waals surface area contributed by atoms with Crippen molar-refractivity contribution in [3.63, 3.8) is 0 Å². The van der Waals surface area contributed by atoms with E-state index in [0.29, 0.717) is 11.3 Å². The van der Waals surface area contributed by atoms with Gasteiger partial charge in [0.15, 0.2) is 5.60 Å². The number of alkyl halides is 2. The number of ether oxygens (including phenoxy) is 1. The number of pyridine rings is 1. The number of halogens is 2. The van der Waals surface area contributed by atoms with Gasteiger partial charge in [0.25, 0.3) is 5.92 Å². The highest BCUT2D eigenvalue weighted by Gasteiger charge is 2.76. The van der Waals surface area contributed by atoms with E-state index in [4.69, 9.17) is 4.74 Å². The van der Waals surface area contributed by atoms with Gasteiger partial charge in [-0.25, -0.2) is 13.6 Å². The molecule has 1 aliphatic heterocycles. The van der Waals surface area contributed by atoms with E-state index < -0.39 is 47.3 Å². The van der Waals surface area contributed by atoms with Gasteiger partial charge in [0.1, 0.15) is 6.10 Å². The molecule has 2 fully saturated rings. The van der Waals surface area contributed by atoms with Crippen LogP contribution in [-0.2, 0) is 9.53 Å². The number of aliphatic hydroxyl groups is 1. The van der Waals surface area contributed by atoms with Crippen molar-refractivity contribution in [3.8, 4) is 17.2 Å². The van der Waals surface area contributed by atoms with E-state index in [2.05, 4.69) is 11.1 Å². The Balaban J connectivity index is 1.73. The van der Waals surface area contributed by atoms with Crippen molar-refractivity contribution in [2.45, 2.75) is 51.7 Å². The Hall–Kier alpha value is -3.11. The summed E-state index contributed by atoms with van der Waals surface area (Å²) in [5.74, 6) is -6.47. The average molecular weight is 467 g/mol. The second-order valence-corrected chi connectivity index (χ2v) is 9.74. The van der Waals surface area contributed by atoms with Crippen molar-refractivity contribution in [2.24, 2.45) is 23.2 Å². The van der Waals surface area contributed by atoms with Gasteiger partial charge in [-0.2, -0.15) is 5.26 Å². The molecular formula is C27H28F2N2O3. The number of rotatable bonds is 4. The van der Waals surface area contributed by atoms with E-state index in [-0.39, 0.29) is 5.92 Å². The number of allylic oxidation sites excluding steroid dienone is 1. The standard InChI is InChI=1S/C27H28F2N2O3/c1-16(2)27-18(4)34-24(32)25(27,33)15-26(28,29)17(3)23(27)12-11-21-10-9-20(14-31-21)22-8-6-5-7-19(22)13-30/h5-12,14,16-18,23,33H,15H2,1-4H3. The first kappa shape index (κ1) is 24.0. The summed E-state index contributed by atoms with van der Waals surface area (Å²) in [4.78, 5) is 17.1. The molecule has 1 saturated heterocycles. The van der Waals surface area contributed by atoms with E-state index in [1.807, 2.05) is 32.0 Å². The average Bonchev–Trinajstić information content (AvgIpc) is 2.99.